The van der Waals surface area contributed by atoms with E-state index >= 15 is 0 Å². The van der Waals surface area contributed by atoms with Crippen molar-refractivity contribution >= 4 is 62.7 Å². The Hall–Kier alpha value is -1.98. The lowest BCUT2D eigenvalue weighted by Crippen LogP contribution is -2.36. The zero-order valence-electron chi connectivity index (χ0n) is 14.0. The number of hydrogen-bond acceptors (Lipinski definition) is 5. The highest BCUT2D eigenvalue weighted by Gasteiger charge is 2.19. The molecule has 0 unspecified atom stereocenters. The molecule has 0 spiro atoms. The van der Waals surface area contributed by atoms with Crippen LogP contribution < -0.4 is 10.2 Å². The molecule has 3 rings (SSSR count). The first-order valence-corrected chi connectivity index (χ1v) is 9.53. The molecule has 1 aliphatic rings. The van der Waals surface area contributed by atoms with Crippen molar-refractivity contribution in [2.24, 2.45) is 0 Å². The summed E-state index contributed by atoms with van der Waals surface area (Å²) in [5.41, 5.74) is 0.334. The molecule has 0 saturated carbocycles. The molecule has 0 aliphatic carbocycles. The Balaban J connectivity index is 1.78. The maximum absolute atomic E-state index is 12.4. The predicted octanol–water partition coefficient (Wildman–Crippen LogP) is 4.73. The average Bonchev–Trinajstić information content (AvgIpc) is 3.03. The van der Waals surface area contributed by atoms with Crippen LogP contribution in [0.4, 0.5) is 11.6 Å². The third-order valence-electron chi connectivity index (χ3n) is 3.82. The minimum absolute atomic E-state index is 0.101. The van der Waals surface area contributed by atoms with Gasteiger partial charge in [0.15, 0.2) is 0 Å². The smallest absolute Gasteiger partial charge is 0.266 e. The molecule has 0 atom stereocenters. The number of morpholine rings is 1. The number of nitrogens with one attached hydrogen (secondary N) is 1. The van der Waals surface area contributed by atoms with Crippen molar-refractivity contribution in [3.63, 3.8) is 0 Å². The molecule has 140 valence electrons. The Labute approximate surface area is 174 Å². The topological polar surface area (TPSA) is 78.5 Å². The van der Waals surface area contributed by atoms with Crippen LogP contribution in [0.2, 0.25) is 10.0 Å². The number of hydrogen-bond donors (Lipinski definition) is 1. The van der Waals surface area contributed by atoms with Gasteiger partial charge in [0.05, 0.1) is 27.7 Å². The number of amides is 1. The van der Waals surface area contributed by atoms with Gasteiger partial charge < -0.3 is 19.4 Å². The highest BCUT2D eigenvalue weighted by atomic mass is 79.9. The fraction of sp³-hybridized carbons (Fsp3) is 0.222. The van der Waals surface area contributed by atoms with Crippen LogP contribution in [0.5, 0.6) is 0 Å². The summed E-state index contributed by atoms with van der Waals surface area (Å²) in [6.07, 6.45) is 1.39. The lowest BCUT2D eigenvalue weighted by Gasteiger charge is -2.26. The lowest BCUT2D eigenvalue weighted by atomic mass is 10.2. The number of nitriles is 1. The van der Waals surface area contributed by atoms with Crippen molar-refractivity contribution in [2.45, 2.75) is 0 Å². The molecule has 1 aliphatic heterocycles. The van der Waals surface area contributed by atoms with Gasteiger partial charge in [0.2, 0.25) is 5.88 Å². The van der Waals surface area contributed by atoms with Gasteiger partial charge in [-0.1, -0.05) is 23.2 Å². The van der Waals surface area contributed by atoms with Crippen molar-refractivity contribution < 1.29 is 13.9 Å². The van der Waals surface area contributed by atoms with E-state index in [4.69, 9.17) is 32.4 Å². The summed E-state index contributed by atoms with van der Waals surface area (Å²) in [6, 6.07) is 8.27. The highest BCUT2D eigenvalue weighted by Crippen LogP contribution is 2.32. The third-order valence-corrected chi connectivity index (χ3v) is 5.12. The number of rotatable bonds is 4. The van der Waals surface area contributed by atoms with Crippen LogP contribution >= 0.6 is 39.1 Å². The van der Waals surface area contributed by atoms with E-state index in [1.807, 2.05) is 11.0 Å². The minimum Gasteiger partial charge on any atom is -0.440 e. The zero-order valence-corrected chi connectivity index (χ0v) is 17.1. The van der Waals surface area contributed by atoms with Crippen molar-refractivity contribution in [3.8, 4) is 6.07 Å². The molecule has 1 aromatic carbocycles. The molecule has 0 radical (unpaired) electrons. The van der Waals surface area contributed by atoms with Gasteiger partial charge in [-0.05, 0) is 34.1 Å². The second-order valence-corrected chi connectivity index (χ2v) is 7.32. The number of nitrogens with zero attached hydrogens (tertiary/aromatic N) is 2. The van der Waals surface area contributed by atoms with Crippen LogP contribution in [-0.4, -0.2) is 32.2 Å². The highest BCUT2D eigenvalue weighted by molar-refractivity contribution is 9.10. The summed E-state index contributed by atoms with van der Waals surface area (Å²) >= 11 is 15.3. The van der Waals surface area contributed by atoms with E-state index in [2.05, 4.69) is 21.2 Å². The van der Waals surface area contributed by atoms with E-state index in [0.717, 1.165) is 4.47 Å². The molecule has 6 nitrogen and oxygen atoms in total. The van der Waals surface area contributed by atoms with Crippen molar-refractivity contribution in [1.29, 1.82) is 5.26 Å². The number of furan rings is 1. The van der Waals surface area contributed by atoms with E-state index in [1.54, 1.807) is 18.2 Å². The fourth-order valence-electron chi connectivity index (χ4n) is 2.49. The first-order chi connectivity index (χ1) is 13.0. The summed E-state index contributed by atoms with van der Waals surface area (Å²) < 4.78 is 11.9. The molecule has 1 aromatic heterocycles. The Morgan fingerprint density at radius 3 is 2.67 bits per heavy atom. The molecule has 2 heterocycles. The van der Waals surface area contributed by atoms with Crippen LogP contribution in [-0.2, 0) is 9.53 Å². The molecular formula is C18H14BrCl2N3O3. The summed E-state index contributed by atoms with van der Waals surface area (Å²) in [7, 11) is 0. The van der Waals surface area contributed by atoms with Gasteiger partial charge in [-0.15, -0.1) is 0 Å². The molecule has 1 amide bonds. The van der Waals surface area contributed by atoms with Gasteiger partial charge >= 0.3 is 0 Å². The van der Waals surface area contributed by atoms with Crippen LogP contribution in [0, 0.1) is 11.3 Å². The SMILES string of the molecule is N#C/C(=C/c1cc(Br)c(N2CCOCC2)o1)C(=O)Nc1ccc(Cl)c(Cl)c1. The Morgan fingerprint density at radius 1 is 1.26 bits per heavy atom. The van der Waals surface area contributed by atoms with Crippen LogP contribution in [0.1, 0.15) is 5.76 Å². The maximum atomic E-state index is 12.4. The summed E-state index contributed by atoms with van der Waals surface area (Å²) in [5.74, 6) is 0.465. The number of halogens is 3. The predicted molar refractivity (Wildman–Crippen MR) is 108 cm³/mol. The summed E-state index contributed by atoms with van der Waals surface area (Å²) in [6.45, 7) is 2.65. The number of anilines is 2. The van der Waals surface area contributed by atoms with Crippen LogP contribution in [0.25, 0.3) is 6.08 Å². The quantitative estimate of drug-likeness (QED) is 0.516. The third kappa shape index (κ3) is 4.85. The summed E-state index contributed by atoms with van der Waals surface area (Å²) in [5, 5.41) is 12.6. The first-order valence-electron chi connectivity index (χ1n) is 7.98. The van der Waals surface area contributed by atoms with E-state index in [1.165, 1.54) is 12.1 Å². The molecule has 2 aromatic rings. The molecule has 9 heteroatoms. The minimum atomic E-state index is -0.573. The molecular weight excluding hydrogens is 457 g/mol. The Morgan fingerprint density at radius 2 is 2.00 bits per heavy atom. The molecule has 27 heavy (non-hydrogen) atoms. The number of carbonyl (C=O) groups excluding carboxylic acids is 1. The molecule has 1 fully saturated rings. The van der Waals surface area contributed by atoms with Crippen molar-refractivity contribution in [1.82, 2.24) is 0 Å². The second kappa shape index (κ2) is 8.81. The number of benzene rings is 1. The fourth-order valence-corrected chi connectivity index (χ4v) is 3.35. The van der Waals surface area contributed by atoms with Gasteiger partial charge in [-0.2, -0.15) is 5.26 Å². The van der Waals surface area contributed by atoms with E-state index < -0.39 is 5.91 Å². The van der Waals surface area contributed by atoms with Gasteiger partial charge in [-0.25, -0.2) is 0 Å². The second-order valence-electron chi connectivity index (χ2n) is 5.65. The first kappa shape index (κ1) is 19.8. The van der Waals surface area contributed by atoms with Crippen LogP contribution in [0.15, 0.2) is 38.7 Å². The van der Waals surface area contributed by atoms with Crippen LogP contribution in [0.3, 0.4) is 0 Å². The van der Waals surface area contributed by atoms with Gasteiger partial charge in [-0.3, -0.25) is 4.79 Å². The van der Waals surface area contributed by atoms with Gasteiger partial charge in [0, 0.05) is 30.9 Å². The van der Waals surface area contributed by atoms with Crippen molar-refractivity contribution in [2.75, 3.05) is 36.5 Å². The maximum Gasteiger partial charge on any atom is 0.266 e. The molecule has 0 bridgehead atoms. The number of carbonyl (C=O) groups is 1. The van der Waals surface area contributed by atoms with Gasteiger partial charge in [0.1, 0.15) is 17.4 Å². The molecule has 1 N–H and O–H groups in total. The largest absolute Gasteiger partial charge is 0.440 e. The Bertz CT molecular complexity index is 930. The van der Waals surface area contributed by atoms with Gasteiger partial charge in [0.25, 0.3) is 5.91 Å². The average molecular weight is 471 g/mol. The molecule has 1 saturated heterocycles. The number of ether oxygens (including phenoxy) is 1. The summed E-state index contributed by atoms with van der Waals surface area (Å²) in [4.78, 5) is 14.4. The van der Waals surface area contributed by atoms with E-state index in [-0.39, 0.29) is 5.57 Å². The van der Waals surface area contributed by atoms with E-state index in [0.29, 0.717) is 53.7 Å². The lowest BCUT2D eigenvalue weighted by molar-refractivity contribution is -0.112. The normalized spacial score (nSPS) is 14.7. The van der Waals surface area contributed by atoms with Crippen molar-refractivity contribution in [3.05, 3.63) is 50.1 Å². The monoisotopic (exact) mass is 469 g/mol. The zero-order chi connectivity index (χ0) is 19.4. The Kier molecular flexibility index (Phi) is 6.45. The van der Waals surface area contributed by atoms with E-state index in [9.17, 15) is 10.1 Å². The standard InChI is InChI=1S/C18H14BrCl2N3O3/c19-14-9-13(27-18(14)24-3-5-26-6-4-24)7-11(10-22)17(25)23-12-1-2-15(20)16(21)8-12/h1-2,7-9H,3-6H2,(H,23,25)/b11-7-.